The Kier molecular flexibility index (Phi) is 5.43. The highest BCUT2D eigenvalue weighted by Gasteiger charge is 2.20. The van der Waals surface area contributed by atoms with E-state index in [9.17, 15) is 22.0 Å². The Morgan fingerprint density at radius 3 is 2.48 bits per heavy atom. The van der Waals surface area contributed by atoms with Crippen molar-refractivity contribution in [2.45, 2.75) is 0 Å². The van der Waals surface area contributed by atoms with Gasteiger partial charge in [0.25, 0.3) is 5.91 Å². The van der Waals surface area contributed by atoms with Gasteiger partial charge >= 0.3 is 0 Å². The molecule has 2 N–H and O–H groups in total. The predicted molar refractivity (Wildman–Crippen MR) is 87.5 cm³/mol. The fraction of sp³-hybridized carbons (Fsp3) is 0.143. The number of aromatic nitrogens is 1. The van der Waals surface area contributed by atoms with Crippen LogP contribution in [-0.4, -0.2) is 32.6 Å². The fourth-order valence-corrected chi connectivity index (χ4v) is 2.49. The Bertz CT molecular complexity index is 938. The monoisotopic (exact) mass is 391 g/mol. The summed E-state index contributed by atoms with van der Waals surface area (Å²) in [6.45, 7) is 0. The lowest BCUT2D eigenvalue weighted by Crippen LogP contribution is -2.30. The van der Waals surface area contributed by atoms with Gasteiger partial charge in [-0.05, 0) is 6.07 Å². The second kappa shape index (κ2) is 7.19. The Labute approximate surface area is 147 Å². The van der Waals surface area contributed by atoms with E-state index in [1.54, 1.807) is 11.8 Å². The number of anilines is 1. The van der Waals surface area contributed by atoms with Crippen LogP contribution in [0.15, 0.2) is 24.4 Å². The summed E-state index contributed by atoms with van der Waals surface area (Å²) in [6, 6.07) is 2.48. The number of sulfonamides is 1. The molecule has 2 aromatic rings. The van der Waals surface area contributed by atoms with Crippen LogP contribution in [0.5, 0.6) is 11.5 Å². The number of ether oxygens (including phenoxy) is 1. The van der Waals surface area contributed by atoms with Crippen molar-refractivity contribution in [1.82, 2.24) is 9.71 Å². The Morgan fingerprint density at radius 1 is 1.24 bits per heavy atom. The van der Waals surface area contributed by atoms with E-state index < -0.39 is 38.9 Å². The molecule has 0 bridgehead atoms. The van der Waals surface area contributed by atoms with Gasteiger partial charge in [-0.2, -0.15) is 0 Å². The molecule has 1 heterocycles. The zero-order valence-corrected chi connectivity index (χ0v) is 14.5. The van der Waals surface area contributed by atoms with E-state index in [1.165, 1.54) is 12.3 Å². The summed E-state index contributed by atoms with van der Waals surface area (Å²) >= 11 is 5.91. The van der Waals surface area contributed by atoms with Crippen LogP contribution in [0.25, 0.3) is 0 Å². The van der Waals surface area contributed by atoms with E-state index in [0.717, 1.165) is 0 Å². The largest absolute Gasteiger partial charge is 0.452 e. The van der Waals surface area contributed by atoms with E-state index in [1.807, 2.05) is 0 Å². The zero-order valence-electron chi connectivity index (χ0n) is 12.9. The summed E-state index contributed by atoms with van der Waals surface area (Å²) in [7, 11) is -2.32. The number of halogens is 3. The number of carbonyl (C=O) groups is 1. The summed E-state index contributed by atoms with van der Waals surface area (Å²) in [6.07, 6.45) is 1.95. The van der Waals surface area contributed by atoms with Gasteiger partial charge < -0.3 is 10.1 Å². The molecule has 0 aliphatic carbocycles. The van der Waals surface area contributed by atoms with Crippen molar-refractivity contribution in [3.8, 4) is 11.5 Å². The van der Waals surface area contributed by atoms with E-state index in [4.69, 9.17) is 16.3 Å². The highest BCUT2D eigenvalue weighted by atomic mass is 35.5. The first-order chi connectivity index (χ1) is 11.6. The lowest BCUT2D eigenvalue weighted by atomic mass is 10.2. The molecule has 0 aliphatic rings. The predicted octanol–water partition coefficient (Wildman–Crippen LogP) is 2.54. The summed E-state index contributed by atoms with van der Waals surface area (Å²) in [4.78, 5) is 15.6. The van der Waals surface area contributed by atoms with Crippen LogP contribution in [0.1, 0.15) is 10.4 Å². The molecule has 0 aliphatic heterocycles. The van der Waals surface area contributed by atoms with Crippen LogP contribution in [0.2, 0.25) is 5.02 Å². The van der Waals surface area contributed by atoms with E-state index in [-0.39, 0.29) is 10.8 Å². The molecule has 0 saturated heterocycles. The van der Waals surface area contributed by atoms with Gasteiger partial charge in [0.1, 0.15) is 17.4 Å². The molecule has 2 rings (SSSR count). The lowest BCUT2D eigenvalue weighted by molar-refractivity contribution is 0.0977. The second-order valence-corrected chi connectivity index (χ2v) is 6.97. The number of carbonyl (C=O) groups excluding carboxylic acids is 1. The maximum absolute atomic E-state index is 14.1. The number of nitrogens with one attached hydrogen (secondary N) is 2. The molecule has 25 heavy (non-hydrogen) atoms. The van der Waals surface area contributed by atoms with Crippen molar-refractivity contribution in [3.63, 3.8) is 0 Å². The molecule has 1 amide bonds. The van der Waals surface area contributed by atoms with Crippen LogP contribution in [0, 0.1) is 11.6 Å². The summed E-state index contributed by atoms with van der Waals surface area (Å²) in [5.41, 5.74) is -0.781. The summed E-state index contributed by atoms with van der Waals surface area (Å²) in [5.74, 6) is -3.65. The van der Waals surface area contributed by atoms with Crippen LogP contribution >= 0.6 is 11.6 Å². The van der Waals surface area contributed by atoms with Crippen molar-refractivity contribution in [1.29, 1.82) is 0 Å². The van der Waals surface area contributed by atoms with Crippen molar-refractivity contribution >= 4 is 33.3 Å². The first-order valence-corrected chi connectivity index (χ1v) is 8.90. The first-order valence-electron chi connectivity index (χ1n) is 6.63. The number of amides is 1. The zero-order chi connectivity index (χ0) is 18.8. The summed E-state index contributed by atoms with van der Waals surface area (Å²) in [5, 5.41) is 2.92. The Hall–Kier alpha value is -2.46. The number of nitrogens with zero attached hydrogens (tertiary/aromatic N) is 1. The number of benzene rings is 1. The fourth-order valence-electron chi connectivity index (χ4n) is 1.79. The highest BCUT2D eigenvalue weighted by Crippen LogP contribution is 2.30. The van der Waals surface area contributed by atoms with Gasteiger partial charge in [-0.1, -0.05) is 11.6 Å². The van der Waals surface area contributed by atoms with Gasteiger partial charge in [0.2, 0.25) is 10.0 Å². The van der Waals surface area contributed by atoms with Gasteiger partial charge in [-0.25, -0.2) is 26.9 Å². The molecule has 0 radical (unpaired) electrons. The van der Waals surface area contributed by atoms with E-state index >= 15 is 0 Å². The molecule has 11 heteroatoms. The molecular weight excluding hydrogens is 380 g/mol. The second-order valence-electron chi connectivity index (χ2n) is 4.82. The Morgan fingerprint density at radius 2 is 1.92 bits per heavy atom. The lowest BCUT2D eigenvalue weighted by Gasteiger charge is -2.10. The molecule has 0 spiro atoms. The smallest absolute Gasteiger partial charge is 0.267 e. The quantitative estimate of drug-likeness (QED) is 0.813. The SMILES string of the molecule is CNc1ncc(Oc2cc(F)c(C(=O)NS(C)(=O)=O)cc2F)cc1Cl. The van der Waals surface area contributed by atoms with Crippen molar-refractivity contribution < 1.29 is 26.7 Å². The average Bonchev–Trinajstić information content (AvgIpc) is 2.49. The number of pyridine rings is 1. The molecule has 0 atom stereocenters. The maximum atomic E-state index is 14.1. The normalized spacial score (nSPS) is 11.1. The van der Waals surface area contributed by atoms with Crippen LogP contribution in [0.3, 0.4) is 0 Å². The van der Waals surface area contributed by atoms with Gasteiger partial charge in [-0.15, -0.1) is 0 Å². The third-order valence-corrected chi connectivity index (χ3v) is 3.67. The Balaban J connectivity index is 2.31. The third kappa shape index (κ3) is 4.77. The molecular formula is C14H12ClF2N3O4S. The topological polar surface area (TPSA) is 97.4 Å². The van der Waals surface area contributed by atoms with E-state index in [0.29, 0.717) is 24.2 Å². The van der Waals surface area contributed by atoms with Crippen molar-refractivity contribution in [2.24, 2.45) is 0 Å². The average molecular weight is 392 g/mol. The highest BCUT2D eigenvalue weighted by molar-refractivity contribution is 7.89. The number of hydrogen-bond acceptors (Lipinski definition) is 6. The maximum Gasteiger partial charge on any atom is 0.267 e. The van der Waals surface area contributed by atoms with Gasteiger partial charge in [0.15, 0.2) is 11.6 Å². The minimum Gasteiger partial charge on any atom is -0.452 e. The van der Waals surface area contributed by atoms with Crippen molar-refractivity contribution in [2.75, 3.05) is 18.6 Å². The van der Waals surface area contributed by atoms with Crippen LogP contribution in [-0.2, 0) is 10.0 Å². The first kappa shape index (κ1) is 18.9. The molecule has 0 fully saturated rings. The standard InChI is InChI=1S/C14H12ClF2N3O4S/c1-18-13-9(15)3-7(6-19-13)24-12-5-10(16)8(4-11(12)17)14(21)20-25(2,22)23/h3-6H,1-2H3,(H,18,19)(H,20,21). The molecule has 1 aromatic carbocycles. The molecule has 7 nitrogen and oxygen atoms in total. The van der Waals surface area contributed by atoms with Gasteiger partial charge in [0, 0.05) is 19.2 Å². The minimum absolute atomic E-state index is 0.0376. The molecule has 134 valence electrons. The van der Waals surface area contributed by atoms with E-state index in [2.05, 4.69) is 10.3 Å². The minimum atomic E-state index is -3.92. The van der Waals surface area contributed by atoms with Crippen LogP contribution < -0.4 is 14.8 Å². The summed E-state index contributed by atoms with van der Waals surface area (Å²) < 4.78 is 56.8. The molecule has 1 aromatic heterocycles. The van der Waals surface area contributed by atoms with Crippen LogP contribution in [0.4, 0.5) is 14.6 Å². The third-order valence-electron chi connectivity index (χ3n) is 2.82. The number of hydrogen-bond donors (Lipinski definition) is 2. The van der Waals surface area contributed by atoms with Gasteiger partial charge in [-0.3, -0.25) is 4.79 Å². The van der Waals surface area contributed by atoms with Crippen molar-refractivity contribution in [3.05, 3.63) is 46.6 Å². The number of rotatable bonds is 5. The molecule has 0 unspecified atom stereocenters. The molecule has 0 saturated carbocycles. The van der Waals surface area contributed by atoms with Gasteiger partial charge in [0.05, 0.1) is 23.0 Å².